The van der Waals surface area contributed by atoms with Crippen molar-refractivity contribution in [2.75, 3.05) is 17.7 Å². The first kappa shape index (κ1) is 15.1. The predicted molar refractivity (Wildman–Crippen MR) is 84.7 cm³/mol. The van der Waals surface area contributed by atoms with Gasteiger partial charge in [0.15, 0.2) is 0 Å². The highest BCUT2D eigenvalue weighted by molar-refractivity contribution is 9.10. The molecule has 2 rings (SSSR count). The first-order valence-corrected chi connectivity index (χ1v) is 6.86. The van der Waals surface area contributed by atoms with Gasteiger partial charge < -0.3 is 15.7 Å². The molecule has 0 fully saturated rings. The summed E-state index contributed by atoms with van der Waals surface area (Å²) >= 11 is 3.30. The average Bonchev–Trinajstić information content (AvgIpc) is 2.46. The molecule has 0 atom stereocenters. The second kappa shape index (κ2) is 5.97. The number of rotatable bonds is 3. The van der Waals surface area contributed by atoms with Gasteiger partial charge in [-0.1, -0.05) is 15.9 Å². The third-order valence-corrected chi connectivity index (χ3v) is 3.54. The van der Waals surface area contributed by atoms with Crippen LogP contribution in [0.1, 0.15) is 20.7 Å². The van der Waals surface area contributed by atoms with E-state index in [9.17, 15) is 14.7 Å². The van der Waals surface area contributed by atoms with E-state index in [2.05, 4.69) is 15.9 Å². The first-order chi connectivity index (χ1) is 9.90. The summed E-state index contributed by atoms with van der Waals surface area (Å²) in [5.74, 6) is -1.43. The lowest BCUT2D eigenvalue weighted by Crippen LogP contribution is -2.28. The highest BCUT2D eigenvalue weighted by atomic mass is 79.9. The van der Waals surface area contributed by atoms with Crippen molar-refractivity contribution in [1.29, 1.82) is 0 Å². The van der Waals surface area contributed by atoms with Crippen LogP contribution in [-0.4, -0.2) is 24.0 Å². The molecule has 21 heavy (non-hydrogen) atoms. The molecule has 0 aliphatic heterocycles. The van der Waals surface area contributed by atoms with E-state index in [0.29, 0.717) is 16.9 Å². The Bertz CT molecular complexity index is 699. The van der Waals surface area contributed by atoms with Crippen molar-refractivity contribution in [2.24, 2.45) is 0 Å². The maximum absolute atomic E-state index is 12.4. The van der Waals surface area contributed by atoms with Gasteiger partial charge in [-0.05, 0) is 42.5 Å². The summed E-state index contributed by atoms with van der Waals surface area (Å²) in [5.41, 5.74) is 6.68. The van der Waals surface area contributed by atoms with Gasteiger partial charge in [0.25, 0.3) is 5.91 Å². The van der Waals surface area contributed by atoms with Crippen LogP contribution in [-0.2, 0) is 0 Å². The fraction of sp³-hybridized carbons (Fsp3) is 0.0667. The molecule has 0 heterocycles. The number of anilines is 2. The average molecular weight is 349 g/mol. The third kappa shape index (κ3) is 3.22. The van der Waals surface area contributed by atoms with Gasteiger partial charge in [-0.2, -0.15) is 0 Å². The van der Waals surface area contributed by atoms with Crippen LogP contribution >= 0.6 is 15.9 Å². The Hall–Kier alpha value is -2.34. The van der Waals surface area contributed by atoms with Crippen molar-refractivity contribution in [1.82, 2.24) is 0 Å². The molecule has 1 amide bonds. The molecule has 0 aromatic heterocycles. The molecule has 0 spiro atoms. The maximum Gasteiger partial charge on any atom is 0.337 e. The summed E-state index contributed by atoms with van der Waals surface area (Å²) in [5, 5.41) is 9.23. The number of carboxylic acid groups (broad SMARTS) is 1. The molecule has 0 bridgehead atoms. The molecular formula is C15H13BrN2O3. The molecule has 0 aliphatic rings. The SMILES string of the molecule is CN(C(=O)c1ccc(Br)cc1)c1ccc(N)cc1C(=O)O. The van der Waals surface area contributed by atoms with E-state index in [-0.39, 0.29) is 11.5 Å². The number of carboxylic acids is 1. The van der Waals surface area contributed by atoms with E-state index in [1.165, 1.54) is 24.1 Å². The molecule has 0 aliphatic carbocycles. The minimum atomic E-state index is -1.13. The lowest BCUT2D eigenvalue weighted by molar-refractivity contribution is 0.0698. The minimum absolute atomic E-state index is 0.0111. The summed E-state index contributed by atoms with van der Waals surface area (Å²) in [7, 11) is 1.53. The highest BCUT2D eigenvalue weighted by Crippen LogP contribution is 2.24. The number of aromatic carboxylic acids is 1. The molecule has 6 heteroatoms. The van der Waals surface area contributed by atoms with E-state index < -0.39 is 5.97 Å². The van der Waals surface area contributed by atoms with Gasteiger partial charge in [0.2, 0.25) is 0 Å². The summed E-state index contributed by atoms with van der Waals surface area (Å²) in [6.07, 6.45) is 0. The Labute approximate surface area is 130 Å². The quantitative estimate of drug-likeness (QED) is 0.835. The van der Waals surface area contributed by atoms with E-state index in [1.807, 2.05) is 0 Å². The van der Waals surface area contributed by atoms with E-state index in [1.54, 1.807) is 30.3 Å². The van der Waals surface area contributed by atoms with Crippen molar-refractivity contribution in [3.63, 3.8) is 0 Å². The molecule has 0 unspecified atom stereocenters. The Morgan fingerprint density at radius 3 is 2.33 bits per heavy atom. The van der Waals surface area contributed by atoms with Crippen LogP contribution in [0.25, 0.3) is 0 Å². The second-order valence-corrected chi connectivity index (χ2v) is 5.37. The molecule has 2 aromatic carbocycles. The van der Waals surface area contributed by atoms with Crippen molar-refractivity contribution in [3.05, 3.63) is 58.1 Å². The Morgan fingerprint density at radius 1 is 1.14 bits per heavy atom. The monoisotopic (exact) mass is 348 g/mol. The largest absolute Gasteiger partial charge is 0.478 e. The van der Waals surface area contributed by atoms with Crippen LogP contribution in [0.2, 0.25) is 0 Å². The summed E-state index contributed by atoms with van der Waals surface area (Å²) < 4.78 is 0.861. The van der Waals surface area contributed by atoms with Crippen LogP contribution in [0.15, 0.2) is 46.9 Å². The first-order valence-electron chi connectivity index (χ1n) is 6.06. The number of amides is 1. The lowest BCUT2D eigenvalue weighted by atomic mass is 10.1. The zero-order chi connectivity index (χ0) is 15.6. The van der Waals surface area contributed by atoms with Gasteiger partial charge in [-0.3, -0.25) is 4.79 Å². The zero-order valence-corrected chi connectivity index (χ0v) is 12.8. The molecule has 3 N–H and O–H groups in total. The van der Waals surface area contributed by atoms with Crippen molar-refractivity contribution in [3.8, 4) is 0 Å². The van der Waals surface area contributed by atoms with E-state index in [0.717, 1.165) is 4.47 Å². The Balaban J connectivity index is 2.40. The predicted octanol–water partition coefficient (Wildman–Crippen LogP) is 3.01. The van der Waals surface area contributed by atoms with Crippen LogP contribution in [0, 0.1) is 0 Å². The molecule has 0 radical (unpaired) electrons. The maximum atomic E-state index is 12.4. The molecule has 0 saturated carbocycles. The summed E-state index contributed by atoms with van der Waals surface area (Å²) in [6, 6.07) is 11.3. The van der Waals surface area contributed by atoms with Crippen molar-refractivity contribution in [2.45, 2.75) is 0 Å². The number of hydrogen-bond donors (Lipinski definition) is 2. The fourth-order valence-corrected chi connectivity index (χ4v) is 2.18. The summed E-state index contributed by atoms with van der Waals surface area (Å²) in [4.78, 5) is 25.0. The van der Waals surface area contributed by atoms with Crippen molar-refractivity contribution >= 4 is 39.2 Å². The summed E-state index contributed by atoms with van der Waals surface area (Å²) in [6.45, 7) is 0. The van der Waals surface area contributed by atoms with Gasteiger partial charge in [-0.15, -0.1) is 0 Å². The molecule has 0 saturated heterocycles. The number of halogens is 1. The van der Waals surface area contributed by atoms with Crippen LogP contribution < -0.4 is 10.6 Å². The minimum Gasteiger partial charge on any atom is -0.478 e. The highest BCUT2D eigenvalue weighted by Gasteiger charge is 2.19. The number of carbonyl (C=O) groups is 2. The van der Waals surface area contributed by atoms with E-state index in [4.69, 9.17) is 5.73 Å². The number of nitrogens with two attached hydrogens (primary N) is 1. The molecular weight excluding hydrogens is 336 g/mol. The van der Waals surface area contributed by atoms with Crippen molar-refractivity contribution < 1.29 is 14.7 Å². The van der Waals surface area contributed by atoms with Gasteiger partial charge in [0.1, 0.15) is 0 Å². The normalized spacial score (nSPS) is 10.2. The number of nitrogens with zero attached hydrogens (tertiary/aromatic N) is 1. The number of carbonyl (C=O) groups excluding carboxylic acids is 1. The molecule has 5 nitrogen and oxygen atoms in total. The van der Waals surface area contributed by atoms with Gasteiger partial charge in [0, 0.05) is 22.8 Å². The van der Waals surface area contributed by atoms with Crippen LogP contribution in [0.4, 0.5) is 11.4 Å². The Kier molecular flexibility index (Phi) is 4.28. The third-order valence-electron chi connectivity index (χ3n) is 3.01. The van der Waals surface area contributed by atoms with Gasteiger partial charge in [-0.25, -0.2) is 4.79 Å². The lowest BCUT2D eigenvalue weighted by Gasteiger charge is -2.19. The number of hydrogen-bond acceptors (Lipinski definition) is 3. The standard InChI is InChI=1S/C15H13BrN2O3/c1-18(14(19)9-2-4-10(16)5-3-9)13-7-6-11(17)8-12(13)15(20)21/h2-8H,17H2,1H3,(H,20,21). The zero-order valence-electron chi connectivity index (χ0n) is 11.2. The van der Waals surface area contributed by atoms with Crippen LogP contribution in [0.5, 0.6) is 0 Å². The number of benzene rings is 2. The van der Waals surface area contributed by atoms with Crippen LogP contribution in [0.3, 0.4) is 0 Å². The fourth-order valence-electron chi connectivity index (χ4n) is 1.91. The molecule has 108 valence electrons. The Morgan fingerprint density at radius 2 is 1.76 bits per heavy atom. The topological polar surface area (TPSA) is 83.6 Å². The second-order valence-electron chi connectivity index (χ2n) is 4.45. The van der Waals surface area contributed by atoms with Gasteiger partial charge >= 0.3 is 5.97 Å². The number of nitrogen functional groups attached to an aromatic ring is 1. The van der Waals surface area contributed by atoms with E-state index >= 15 is 0 Å². The van der Waals surface area contributed by atoms with Gasteiger partial charge in [0.05, 0.1) is 11.3 Å². The molecule has 2 aromatic rings. The smallest absolute Gasteiger partial charge is 0.337 e.